The second kappa shape index (κ2) is 39.8. The molecule has 20 aromatic carbocycles. The standard InChI is InChI=1S/C36H25NS.C32H23N3.C30H23N.C24H19N/c1-4-12-26(13-5-1)28-20-23-34(33(24-28)27-14-6-2-7-15-27)37(29-16-8-3-9-17-29)30-21-22-32-31-18-10-11-19-35(31)38-36(32)25-30;1-4-12-24(13-5-1)25-20-22-28(23-21-25)35(27-16-8-3-9-17-27)32-33-30-19-11-10-18-29(30)31(34-32)26-14-6-2-7-15-26;1-5-13-24(14-6-1)26-21-22-30(29(23-26)25-15-7-2-8-16-25)31(27-17-9-3-10-18-27)28-19-11-4-12-20-28;1-4-10-20(11-5-1)21-16-18-24(19-17-21)25(22-12-6-2-7-13-22)23-14-8-3-9-15-23/h1-25H;1-23H;1-23H;1-19H. The smallest absolute Gasteiger partial charge is 0.235 e. The number of fused-ring (bicyclic) bond motifs is 4. The van der Waals surface area contributed by atoms with Crippen molar-refractivity contribution in [3.63, 3.8) is 0 Å². The number of rotatable bonds is 19. The lowest BCUT2D eigenvalue weighted by Gasteiger charge is -2.28. The molecule has 2 heterocycles. The summed E-state index contributed by atoms with van der Waals surface area (Å²) in [5.74, 6) is 0.640. The Kier molecular flexibility index (Phi) is 25.2. The molecule has 0 saturated carbocycles. The lowest BCUT2D eigenvalue weighted by molar-refractivity contribution is 1.11. The second-order valence-electron chi connectivity index (χ2n) is 31.1. The van der Waals surface area contributed by atoms with Gasteiger partial charge in [0.1, 0.15) is 0 Å². The molecule has 0 atom stereocenters. The van der Waals surface area contributed by atoms with Gasteiger partial charge in [0, 0.05) is 93.4 Å². The fourth-order valence-electron chi connectivity index (χ4n) is 16.6. The van der Waals surface area contributed by atoms with Crippen LogP contribution in [0.3, 0.4) is 0 Å². The lowest BCUT2D eigenvalue weighted by atomic mass is 9.96. The van der Waals surface area contributed by atoms with Crippen molar-refractivity contribution in [1.82, 2.24) is 9.97 Å². The van der Waals surface area contributed by atoms with Crippen LogP contribution in [0.4, 0.5) is 68.5 Å². The van der Waals surface area contributed by atoms with E-state index in [-0.39, 0.29) is 0 Å². The molecule has 7 heteroatoms. The monoisotopic (exact) mass is 1670 g/mol. The van der Waals surface area contributed by atoms with Gasteiger partial charge in [-0.25, -0.2) is 9.97 Å². The summed E-state index contributed by atoms with van der Waals surface area (Å²) in [5.41, 5.74) is 29.7. The Morgan fingerprint density at radius 2 is 0.419 bits per heavy atom. The van der Waals surface area contributed by atoms with E-state index < -0.39 is 0 Å². The van der Waals surface area contributed by atoms with Gasteiger partial charge in [-0.15, -0.1) is 11.3 Å². The first kappa shape index (κ1) is 81.8. The molecule has 614 valence electrons. The molecule has 0 aliphatic rings. The van der Waals surface area contributed by atoms with E-state index in [0.717, 1.165) is 84.7 Å². The lowest BCUT2D eigenvalue weighted by Crippen LogP contribution is -2.14. The number of aromatic nitrogens is 2. The highest BCUT2D eigenvalue weighted by atomic mass is 32.1. The van der Waals surface area contributed by atoms with Crippen LogP contribution in [0.2, 0.25) is 0 Å². The minimum atomic E-state index is 0.640. The van der Waals surface area contributed by atoms with Gasteiger partial charge in [0.05, 0.1) is 22.6 Å². The molecule has 129 heavy (non-hydrogen) atoms. The van der Waals surface area contributed by atoms with E-state index >= 15 is 0 Å². The predicted octanol–water partition coefficient (Wildman–Crippen LogP) is 34.6. The van der Waals surface area contributed by atoms with Gasteiger partial charge in [-0.2, -0.15) is 0 Å². The molecule has 2 aromatic heterocycles. The van der Waals surface area contributed by atoms with Gasteiger partial charge in [0.2, 0.25) is 5.95 Å². The summed E-state index contributed by atoms with van der Waals surface area (Å²) >= 11 is 1.86. The zero-order valence-electron chi connectivity index (χ0n) is 71.1. The van der Waals surface area contributed by atoms with Gasteiger partial charge in [0.15, 0.2) is 0 Å². The minimum absolute atomic E-state index is 0.640. The summed E-state index contributed by atoms with van der Waals surface area (Å²) in [6, 6.07) is 191. The third-order valence-electron chi connectivity index (χ3n) is 22.9. The third-order valence-corrected chi connectivity index (χ3v) is 24.0. The first-order valence-corrected chi connectivity index (χ1v) is 44.4. The minimum Gasteiger partial charge on any atom is -0.311 e. The first-order chi connectivity index (χ1) is 64.0. The molecule has 0 spiro atoms. The highest BCUT2D eigenvalue weighted by Crippen LogP contribution is 2.48. The molecular weight excluding hydrogens is 1580 g/mol. The van der Waals surface area contributed by atoms with Crippen LogP contribution in [0.1, 0.15) is 0 Å². The normalized spacial score (nSPS) is 10.8. The van der Waals surface area contributed by atoms with Gasteiger partial charge in [-0.3, -0.25) is 4.90 Å². The summed E-state index contributed by atoms with van der Waals surface area (Å²) in [7, 11) is 0. The largest absolute Gasteiger partial charge is 0.311 e. The van der Waals surface area contributed by atoms with E-state index in [0.29, 0.717) is 5.95 Å². The van der Waals surface area contributed by atoms with Crippen LogP contribution in [0, 0.1) is 0 Å². The van der Waals surface area contributed by atoms with E-state index in [4.69, 9.17) is 9.97 Å². The Bertz CT molecular complexity index is 7260. The average molecular weight is 1670 g/mol. The van der Waals surface area contributed by atoms with Gasteiger partial charge < -0.3 is 14.7 Å². The van der Waals surface area contributed by atoms with Crippen molar-refractivity contribution in [3.8, 4) is 78.0 Å². The van der Waals surface area contributed by atoms with Crippen LogP contribution in [0.15, 0.2) is 546 Å². The van der Waals surface area contributed by atoms with Crippen molar-refractivity contribution >= 4 is 111 Å². The number of benzene rings is 20. The van der Waals surface area contributed by atoms with Crippen LogP contribution in [0.5, 0.6) is 0 Å². The summed E-state index contributed by atoms with van der Waals surface area (Å²) in [6.07, 6.45) is 0. The molecular formula is C122H90N6S. The molecule has 0 aliphatic heterocycles. The topological polar surface area (TPSA) is 38.7 Å². The molecule has 6 nitrogen and oxygen atoms in total. The van der Waals surface area contributed by atoms with Crippen LogP contribution in [0.25, 0.3) is 109 Å². The van der Waals surface area contributed by atoms with Gasteiger partial charge in [-0.05, 0) is 201 Å². The molecule has 0 N–H and O–H groups in total. The second-order valence-corrected chi connectivity index (χ2v) is 32.2. The Balaban J connectivity index is 0.000000113. The molecule has 0 radical (unpaired) electrons. The molecule has 0 saturated heterocycles. The van der Waals surface area contributed by atoms with E-state index in [1.54, 1.807) is 0 Å². The van der Waals surface area contributed by atoms with E-state index in [1.807, 2.05) is 84.1 Å². The van der Waals surface area contributed by atoms with Crippen molar-refractivity contribution in [3.05, 3.63) is 546 Å². The van der Waals surface area contributed by atoms with E-state index in [1.165, 1.54) is 86.9 Å². The zero-order chi connectivity index (χ0) is 86.5. The maximum Gasteiger partial charge on any atom is 0.235 e. The van der Waals surface area contributed by atoms with E-state index in [2.05, 4.69) is 493 Å². The van der Waals surface area contributed by atoms with Crippen molar-refractivity contribution in [1.29, 1.82) is 0 Å². The number of thiophene rings is 1. The Hall–Kier alpha value is -16.8. The quantitative estimate of drug-likeness (QED) is 0.0803. The Labute approximate surface area is 759 Å². The van der Waals surface area contributed by atoms with Gasteiger partial charge in [0.25, 0.3) is 0 Å². The maximum absolute atomic E-state index is 5.12. The van der Waals surface area contributed by atoms with E-state index in [9.17, 15) is 0 Å². The van der Waals surface area contributed by atoms with Crippen LogP contribution in [-0.2, 0) is 0 Å². The van der Waals surface area contributed by atoms with Crippen LogP contribution in [-0.4, -0.2) is 9.97 Å². The average Bonchev–Trinajstić information content (AvgIpc) is 0.813. The highest BCUT2D eigenvalue weighted by molar-refractivity contribution is 7.25. The van der Waals surface area contributed by atoms with Crippen LogP contribution < -0.4 is 19.6 Å². The summed E-state index contributed by atoms with van der Waals surface area (Å²) in [6.45, 7) is 0. The SMILES string of the molecule is c1ccc(-c2ccc(N(c3ccccc3)c3ccc4c(c3)sc3ccccc34)c(-c3ccccc3)c2)cc1.c1ccc(-c2ccc(N(c3ccccc3)c3ccccc3)c(-c3ccccc3)c2)cc1.c1ccc(-c2ccc(N(c3ccccc3)c3ccccc3)cc2)cc1.c1ccc(-c2ccc(N(c3ccccc3)c3nc(-c4ccccc4)c4ccccc4n3)cc2)cc1. The predicted molar refractivity (Wildman–Crippen MR) is 549 cm³/mol. The highest BCUT2D eigenvalue weighted by Gasteiger charge is 2.24. The number of hydrogen-bond donors (Lipinski definition) is 0. The molecule has 0 unspecified atom stereocenters. The molecule has 0 bridgehead atoms. The zero-order valence-corrected chi connectivity index (χ0v) is 71.9. The van der Waals surface area contributed by atoms with Gasteiger partial charge in [-0.1, -0.05) is 400 Å². The molecule has 22 rings (SSSR count). The van der Waals surface area contributed by atoms with Crippen molar-refractivity contribution in [2.45, 2.75) is 0 Å². The molecule has 0 fully saturated rings. The fraction of sp³-hybridized carbons (Fsp3) is 0. The fourth-order valence-corrected chi connectivity index (χ4v) is 17.8. The Morgan fingerprint density at radius 1 is 0.155 bits per heavy atom. The van der Waals surface area contributed by atoms with Crippen molar-refractivity contribution < 1.29 is 0 Å². The molecule has 22 aromatic rings. The molecule has 0 amide bonds. The maximum atomic E-state index is 5.12. The summed E-state index contributed by atoms with van der Waals surface area (Å²) in [5, 5.41) is 3.67. The number of anilines is 12. The Morgan fingerprint density at radius 3 is 0.814 bits per heavy atom. The number of hydrogen-bond acceptors (Lipinski definition) is 7. The molecule has 0 aliphatic carbocycles. The third kappa shape index (κ3) is 19.0. The van der Waals surface area contributed by atoms with Crippen molar-refractivity contribution in [2.24, 2.45) is 0 Å². The number of para-hydroxylation sites is 7. The summed E-state index contributed by atoms with van der Waals surface area (Å²) < 4.78 is 2.62. The van der Waals surface area contributed by atoms with Crippen molar-refractivity contribution in [2.75, 3.05) is 19.6 Å². The van der Waals surface area contributed by atoms with Gasteiger partial charge >= 0.3 is 0 Å². The summed E-state index contributed by atoms with van der Waals surface area (Å²) in [4.78, 5) is 19.2. The first-order valence-electron chi connectivity index (χ1n) is 43.6. The number of nitrogens with zero attached hydrogens (tertiary/aromatic N) is 6. The van der Waals surface area contributed by atoms with Crippen LogP contribution >= 0.6 is 11.3 Å².